The van der Waals surface area contributed by atoms with Crippen LogP contribution in [-0.2, 0) is 18.4 Å². The van der Waals surface area contributed by atoms with E-state index in [2.05, 4.69) is 19.2 Å². The highest BCUT2D eigenvalue weighted by Crippen LogP contribution is 2.43. The lowest BCUT2D eigenvalue weighted by Crippen LogP contribution is -2.46. The molecular formula is C53H110N2O6P+. The van der Waals surface area contributed by atoms with Crippen molar-refractivity contribution in [1.82, 2.24) is 5.32 Å². The molecule has 1 amide bonds. The Morgan fingerprint density at radius 1 is 0.484 bits per heavy atom. The standard InChI is InChI=1S/C53H109N2O6P/c1-6-8-10-12-14-16-17-18-19-20-21-22-23-24-25-26-27-28-29-30-31-32-33-34-35-36-37-39-40-42-44-46-52(56)51(50-61-62(58,59)60-49-48-55(3,4)5)54-53(57)47-45-43-41-38-15-13-11-9-7-2/h51-52,56H,6-50H2,1-5H3,(H-,54,57,58,59)/p+1. The van der Waals surface area contributed by atoms with E-state index in [9.17, 15) is 19.4 Å². The molecule has 372 valence electrons. The highest BCUT2D eigenvalue weighted by atomic mass is 31.2. The Morgan fingerprint density at radius 3 is 1.08 bits per heavy atom. The number of likely N-dealkylation sites (N-methyl/N-ethyl adjacent to an activating group) is 1. The van der Waals surface area contributed by atoms with Crippen molar-refractivity contribution < 1.29 is 32.9 Å². The lowest BCUT2D eigenvalue weighted by molar-refractivity contribution is -0.870. The SMILES string of the molecule is CCCCCCCCCCCCCCCCCCCCCCCCCCCCCCCCCC(O)C(COP(=O)(O)OCC[N+](C)(C)C)NC(=O)CCCCCCCCCCC. The van der Waals surface area contributed by atoms with Crippen molar-refractivity contribution in [1.29, 1.82) is 0 Å². The Morgan fingerprint density at radius 2 is 0.774 bits per heavy atom. The number of amides is 1. The molecule has 8 nitrogen and oxygen atoms in total. The Labute approximate surface area is 387 Å². The normalized spacial score (nSPS) is 14.0. The van der Waals surface area contributed by atoms with Gasteiger partial charge in [-0.3, -0.25) is 13.8 Å². The highest BCUT2D eigenvalue weighted by Gasteiger charge is 2.28. The van der Waals surface area contributed by atoms with Gasteiger partial charge >= 0.3 is 7.82 Å². The minimum atomic E-state index is -4.31. The molecule has 0 aliphatic carbocycles. The van der Waals surface area contributed by atoms with Gasteiger partial charge in [-0.2, -0.15) is 0 Å². The number of phosphoric acid groups is 1. The van der Waals surface area contributed by atoms with Crippen LogP contribution in [0, 0.1) is 0 Å². The smallest absolute Gasteiger partial charge is 0.391 e. The van der Waals surface area contributed by atoms with Gasteiger partial charge in [-0.1, -0.05) is 264 Å². The molecule has 62 heavy (non-hydrogen) atoms. The molecule has 0 aromatic heterocycles. The van der Waals surface area contributed by atoms with Gasteiger partial charge in [0.2, 0.25) is 5.91 Å². The molecule has 0 aromatic rings. The lowest BCUT2D eigenvalue weighted by Gasteiger charge is -2.26. The highest BCUT2D eigenvalue weighted by molar-refractivity contribution is 7.47. The van der Waals surface area contributed by atoms with Crippen molar-refractivity contribution in [2.24, 2.45) is 0 Å². The third kappa shape index (κ3) is 47.5. The number of unbranched alkanes of at least 4 members (excludes halogenated alkanes) is 38. The number of nitrogens with one attached hydrogen (secondary N) is 1. The fraction of sp³-hybridized carbons (Fsp3) is 0.981. The topological polar surface area (TPSA) is 105 Å². The molecule has 3 unspecified atom stereocenters. The molecule has 0 saturated heterocycles. The molecular weight excluding hydrogens is 792 g/mol. The van der Waals surface area contributed by atoms with Gasteiger partial charge in [0.15, 0.2) is 0 Å². The third-order valence-electron chi connectivity index (χ3n) is 12.9. The number of quaternary nitrogens is 1. The van der Waals surface area contributed by atoms with Crippen LogP contribution in [0.25, 0.3) is 0 Å². The van der Waals surface area contributed by atoms with E-state index in [1.807, 2.05) is 21.1 Å². The number of hydrogen-bond acceptors (Lipinski definition) is 5. The van der Waals surface area contributed by atoms with Gasteiger partial charge < -0.3 is 19.8 Å². The van der Waals surface area contributed by atoms with Crippen LogP contribution in [0.2, 0.25) is 0 Å². The number of aliphatic hydroxyl groups is 1. The first-order valence-electron chi connectivity index (χ1n) is 27.4. The lowest BCUT2D eigenvalue weighted by atomic mass is 10.0. The first-order valence-corrected chi connectivity index (χ1v) is 28.9. The van der Waals surface area contributed by atoms with Gasteiger partial charge in [0.1, 0.15) is 13.2 Å². The molecule has 0 spiro atoms. The van der Waals surface area contributed by atoms with Gasteiger partial charge in [0.25, 0.3) is 0 Å². The Bertz CT molecular complexity index is 978. The van der Waals surface area contributed by atoms with Crippen LogP contribution in [0.4, 0.5) is 0 Å². The molecule has 0 bridgehead atoms. The zero-order chi connectivity index (χ0) is 45.7. The van der Waals surface area contributed by atoms with Gasteiger partial charge in [0, 0.05) is 6.42 Å². The number of phosphoric ester groups is 1. The maximum atomic E-state index is 12.8. The van der Waals surface area contributed by atoms with E-state index < -0.39 is 20.0 Å². The number of rotatable bonds is 51. The van der Waals surface area contributed by atoms with Crippen LogP contribution in [0.3, 0.4) is 0 Å². The van der Waals surface area contributed by atoms with Gasteiger partial charge in [-0.15, -0.1) is 0 Å². The zero-order valence-corrected chi connectivity index (χ0v) is 43.3. The Balaban J connectivity index is 3.91. The van der Waals surface area contributed by atoms with Crippen molar-refractivity contribution in [2.45, 2.75) is 296 Å². The second-order valence-electron chi connectivity index (χ2n) is 20.3. The monoisotopic (exact) mass is 902 g/mol. The molecule has 0 radical (unpaired) electrons. The fourth-order valence-corrected chi connectivity index (χ4v) is 9.26. The number of aliphatic hydroxyl groups excluding tert-OH is 1. The van der Waals surface area contributed by atoms with E-state index in [-0.39, 0.29) is 19.1 Å². The molecule has 0 saturated carbocycles. The number of carbonyl (C=O) groups excluding carboxylic acids is 1. The summed E-state index contributed by atoms with van der Waals surface area (Å²) in [7, 11) is 1.63. The molecule has 0 aliphatic heterocycles. The van der Waals surface area contributed by atoms with E-state index in [1.54, 1.807) is 0 Å². The first kappa shape index (κ1) is 61.5. The Kier molecular flexibility index (Phi) is 45.3. The molecule has 0 aliphatic rings. The van der Waals surface area contributed by atoms with Gasteiger partial charge in [-0.25, -0.2) is 4.57 Å². The molecule has 0 aromatic carbocycles. The average Bonchev–Trinajstić information content (AvgIpc) is 3.23. The summed E-state index contributed by atoms with van der Waals surface area (Å²) in [6, 6.07) is -0.753. The van der Waals surface area contributed by atoms with E-state index in [0.717, 1.165) is 38.5 Å². The molecule has 9 heteroatoms. The summed E-state index contributed by atoms with van der Waals surface area (Å²) in [5, 5.41) is 14.0. The summed E-state index contributed by atoms with van der Waals surface area (Å²) in [5.41, 5.74) is 0. The van der Waals surface area contributed by atoms with Crippen LogP contribution >= 0.6 is 7.82 Å². The quantitative estimate of drug-likeness (QED) is 0.0319. The fourth-order valence-electron chi connectivity index (χ4n) is 8.52. The van der Waals surface area contributed by atoms with Crippen molar-refractivity contribution in [3.05, 3.63) is 0 Å². The minimum Gasteiger partial charge on any atom is -0.391 e. The summed E-state index contributed by atoms with van der Waals surface area (Å²) >= 11 is 0. The van der Waals surface area contributed by atoms with E-state index in [4.69, 9.17) is 9.05 Å². The second kappa shape index (κ2) is 45.6. The van der Waals surface area contributed by atoms with Crippen molar-refractivity contribution in [2.75, 3.05) is 40.9 Å². The van der Waals surface area contributed by atoms with Gasteiger partial charge in [-0.05, 0) is 12.8 Å². The third-order valence-corrected chi connectivity index (χ3v) is 13.8. The zero-order valence-electron chi connectivity index (χ0n) is 42.4. The maximum absolute atomic E-state index is 12.8. The van der Waals surface area contributed by atoms with Crippen LogP contribution < -0.4 is 5.32 Å². The summed E-state index contributed by atoms with van der Waals surface area (Å²) in [5.74, 6) is -0.143. The predicted octanol–water partition coefficient (Wildman–Crippen LogP) is 16.1. The maximum Gasteiger partial charge on any atom is 0.472 e. The molecule has 3 atom stereocenters. The van der Waals surface area contributed by atoms with Crippen LogP contribution in [-0.4, -0.2) is 73.4 Å². The van der Waals surface area contributed by atoms with Crippen LogP contribution in [0.15, 0.2) is 0 Å². The molecule has 0 heterocycles. The number of nitrogens with zero attached hydrogens (tertiary/aromatic N) is 1. The van der Waals surface area contributed by atoms with Crippen molar-refractivity contribution >= 4 is 13.7 Å². The van der Waals surface area contributed by atoms with Crippen molar-refractivity contribution in [3.63, 3.8) is 0 Å². The van der Waals surface area contributed by atoms with E-state index in [0.29, 0.717) is 23.9 Å². The predicted molar refractivity (Wildman–Crippen MR) is 268 cm³/mol. The number of hydrogen-bond donors (Lipinski definition) is 3. The van der Waals surface area contributed by atoms with Crippen molar-refractivity contribution in [3.8, 4) is 0 Å². The second-order valence-corrected chi connectivity index (χ2v) is 21.8. The Hall–Kier alpha value is -0.500. The first-order chi connectivity index (χ1) is 30.0. The number of carbonyl (C=O) groups is 1. The van der Waals surface area contributed by atoms with Crippen LogP contribution in [0.1, 0.15) is 284 Å². The minimum absolute atomic E-state index is 0.0785. The van der Waals surface area contributed by atoms with E-state index in [1.165, 1.54) is 218 Å². The summed E-state index contributed by atoms with van der Waals surface area (Å²) in [6.45, 7) is 4.90. The molecule has 3 N–H and O–H groups in total. The van der Waals surface area contributed by atoms with Gasteiger partial charge in [0.05, 0.1) is 39.9 Å². The summed E-state index contributed by atoms with van der Waals surface area (Å²) in [6.07, 6.45) is 53.3. The largest absolute Gasteiger partial charge is 0.472 e. The van der Waals surface area contributed by atoms with Crippen LogP contribution in [0.5, 0.6) is 0 Å². The molecule has 0 rings (SSSR count). The summed E-state index contributed by atoms with van der Waals surface area (Å²) in [4.78, 5) is 23.1. The summed E-state index contributed by atoms with van der Waals surface area (Å²) < 4.78 is 23.7. The van der Waals surface area contributed by atoms with E-state index >= 15 is 0 Å². The molecule has 0 fully saturated rings. The average molecular weight is 902 g/mol.